The Hall–Kier alpha value is -2.59. The Bertz CT molecular complexity index is 1100. The van der Waals surface area contributed by atoms with E-state index in [1.54, 1.807) is 26.0 Å². The van der Waals surface area contributed by atoms with Crippen LogP contribution in [0.4, 0.5) is 13.2 Å². The number of hydrogen-bond acceptors (Lipinski definition) is 4. The van der Waals surface area contributed by atoms with E-state index in [2.05, 4.69) is 10.1 Å². The molecule has 0 atom stereocenters. The van der Waals surface area contributed by atoms with E-state index in [0.29, 0.717) is 28.9 Å². The second-order valence-corrected chi connectivity index (χ2v) is 10.5. The SMILES string of the molecule is Cc1cc(C)c(S(=O)(=O)N2CCC(C(=O)NCc3ccc(OCC(F)(F)F)cc3)CC2)c(C)c1. The third kappa shape index (κ3) is 6.50. The molecule has 1 heterocycles. The first-order valence-corrected chi connectivity index (χ1v) is 12.4. The molecule has 34 heavy (non-hydrogen) atoms. The van der Waals surface area contributed by atoms with Crippen molar-refractivity contribution in [1.29, 1.82) is 0 Å². The normalized spacial score (nSPS) is 15.8. The predicted molar refractivity (Wildman–Crippen MR) is 122 cm³/mol. The molecule has 1 aliphatic rings. The monoisotopic (exact) mass is 498 g/mol. The lowest BCUT2D eigenvalue weighted by Gasteiger charge is -2.31. The molecule has 0 bridgehead atoms. The number of carbonyl (C=O) groups is 1. The van der Waals surface area contributed by atoms with Gasteiger partial charge in [-0.25, -0.2) is 8.42 Å². The van der Waals surface area contributed by atoms with Crippen LogP contribution >= 0.6 is 0 Å². The number of amides is 1. The van der Waals surface area contributed by atoms with Crippen molar-refractivity contribution in [2.75, 3.05) is 19.7 Å². The standard InChI is InChI=1S/C24H29F3N2O4S/c1-16-12-17(2)22(18(3)13-16)34(31,32)29-10-8-20(9-11-29)23(30)28-14-19-4-6-21(7-5-19)33-15-24(25,26)27/h4-7,12-13,20H,8-11,14-15H2,1-3H3,(H,28,30). The van der Waals surface area contributed by atoms with E-state index in [1.807, 2.05) is 19.1 Å². The van der Waals surface area contributed by atoms with Gasteiger partial charge in [0.1, 0.15) is 5.75 Å². The zero-order valence-corrected chi connectivity index (χ0v) is 20.2. The van der Waals surface area contributed by atoms with Crippen LogP contribution in [-0.4, -0.2) is 44.5 Å². The highest BCUT2D eigenvalue weighted by Gasteiger charge is 2.33. The fraction of sp³-hybridized carbons (Fsp3) is 0.458. The van der Waals surface area contributed by atoms with Gasteiger partial charge in [-0.05, 0) is 62.4 Å². The van der Waals surface area contributed by atoms with Gasteiger partial charge in [-0.2, -0.15) is 17.5 Å². The fourth-order valence-corrected chi connectivity index (χ4v) is 6.14. The first-order valence-electron chi connectivity index (χ1n) is 11.0. The van der Waals surface area contributed by atoms with E-state index in [9.17, 15) is 26.4 Å². The Labute approximate surface area is 198 Å². The molecule has 6 nitrogen and oxygen atoms in total. The maximum absolute atomic E-state index is 13.2. The van der Waals surface area contributed by atoms with Crippen LogP contribution in [0.5, 0.6) is 5.75 Å². The number of rotatable bonds is 7. The number of piperidine rings is 1. The number of nitrogens with one attached hydrogen (secondary N) is 1. The molecular formula is C24H29F3N2O4S. The zero-order chi connectivity index (χ0) is 25.1. The Kier molecular flexibility index (Phi) is 7.92. The minimum atomic E-state index is -4.40. The minimum absolute atomic E-state index is 0.0973. The van der Waals surface area contributed by atoms with Crippen LogP contribution in [0.2, 0.25) is 0 Å². The van der Waals surface area contributed by atoms with Crippen LogP contribution in [0, 0.1) is 26.7 Å². The molecule has 0 radical (unpaired) electrons. The van der Waals surface area contributed by atoms with Crippen molar-refractivity contribution >= 4 is 15.9 Å². The van der Waals surface area contributed by atoms with Crippen molar-refractivity contribution in [1.82, 2.24) is 9.62 Å². The molecule has 0 aromatic heterocycles. The van der Waals surface area contributed by atoms with Crippen LogP contribution in [0.3, 0.4) is 0 Å². The second-order valence-electron chi connectivity index (χ2n) is 8.67. The zero-order valence-electron chi connectivity index (χ0n) is 19.4. The first kappa shape index (κ1) is 26.0. The van der Waals surface area contributed by atoms with Gasteiger partial charge in [0.05, 0.1) is 4.90 Å². The summed E-state index contributed by atoms with van der Waals surface area (Å²) in [6.45, 7) is 4.90. The number of ether oxygens (including phenoxy) is 1. The Morgan fingerprint density at radius 2 is 1.62 bits per heavy atom. The smallest absolute Gasteiger partial charge is 0.422 e. The van der Waals surface area contributed by atoms with Gasteiger partial charge in [0.15, 0.2) is 6.61 Å². The minimum Gasteiger partial charge on any atom is -0.484 e. The van der Waals surface area contributed by atoms with E-state index in [1.165, 1.54) is 16.4 Å². The molecule has 2 aromatic carbocycles. The highest BCUT2D eigenvalue weighted by atomic mass is 32.2. The number of hydrogen-bond donors (Lipinski definition) is 1. The maximum Gasteiger partial charge on any atom is 0.422 e. The number of halogens is 3. The molecule has 0 saturated carbocycles. The third-order valence-electron chi connectivity index (χ3n) is 5.82. The van der Waals surface area contributed by atoms with Gasteiger partial charge in [0.25, 0.3) is 0 Å². The highest BCUT2D eigenvalue weighted by molar-refractivity contribution is 7.89. The molecule has 1 N–H and O–H groups in total. The lowest BCUT2D eigenvalue weighted by molar-refractivity contribution is -0.153. The van der Waals surface area contributed by atoms with Gasteiger partial charge in [-0.15, -0.1) is 0 Å². The average Bonchev–Trinajstić information content (AvgIpc) is 2.75. The van der Waals surface area contributed by atoms with Crippen molar-refractivity contribution in [3.63, 3.8) is 0 Å². The summed E-state index contributed by atoms with van der Waals surface area (Å²) >= 11 is 0. The predicted octanol–water partition coefficient (Wildman–Crippen LogP) is 4.27. The summed E-state index contributed by atoms with van der Waals surface area (Å²) in [5, 5.41) is 2.83. The van der Waals surface area contributed by atoms with Crippen molar-refractivity contribution in [2.45, 2.75) is 51.2 Å². The molecule has 1 saturated heterocycles. The van der Waals surface area contributed by atoms with E-state index >= 15 is 0 Å². The van der Waals surface area contributed by atoms with Crippen molar-refractivity contribution in [2.24, 2.45) is 5.92 Å². The first-order chi connectivity index (χ1) is 15.9. The van der Waals surface area contributed by atoms with Gasteiger partial charge >= 0.3 is 6.18 Å². The largest absolute Gasteiger partial charge is 0.484 e. The second kappa shape index (κ2) is 10.4. The van der Waals surface area contributed by atoms with Gasteiger partial charge < -0.3 is 10.1 Å². The lowest BCUT2D eigenvalue weighted by Crippen LogP contribution is -2.43. The van der Waals surface area contributed by atoms with Crippen LogP contribution in [0.15, 0.2) is 41.3 Å². The van der Waals surface area contributed by atoms with Crippen molar-refractivity contribution in [3.05, 3.63) is 58.7 Å². The van der Waals surface area contributed by atoms with Gasteiger partial charge in [0, 0.05) is 25.6 Å². The third-order valence-corrected chi connectivity index (χ3v) is 8.02. The van der Waals surface area contributed by atoms with E-state index in [-0.39, 0.29) is 37.2 Å². The number of carbonyl (C=O) groups excluding carboxylic acids is 1. The summed E-state index contributed by atoms with van der Waals surface area (Å²) in [6.07, 6.45) is -3.57. The van der Waals surface area contributed by atoms with Gasteiger partial charge in [-0.3, -0.25) is 4.79 Å². The maximum atomic E-state index is 13.2. The molecule has 1 aliphatic heterocycles. The van der Waals surface area contributed by atoms with E-state index in [0.717, 1.165) is 11.1 Å². The Morgan fingerprint density at radius 1 is 1.06 bits per heavy atom. The van der Waals surface area contributed by atoms with Crippen LogP contribution in [0.25, 0.3) is 0 Å². The average molecular weight is 499 g/mol. The summed E-state index contributed by atoms with van der Waals surface area (Å²) in [5.74, 6) is -0.377. The Balaban J connectivity index is 1.52. The lowest BCUT2D eigenvalue weighted by atomic mass is 9.97. The summed E-state index contributed by atoms with van der Waals surface area (Å²) in [4.78, 5) is 12.9. The molecule has 186 valence electrons. The van der Waals surface area contributed by atoms with Gasteiger partial charge in [-0.1, -0.05) is 29.8 Å². The summed E-state index contributed by atoms with van der Waals surface area (Å²) in [6, 6.07) is 9.74. The molecule has 10 heteroatoms. The summed E-state index contributed by atoms with van der Waals surface area (Å²) in [7, 11) is -3.64. The number of nitrogens with zero attached hydrogens (tertiary/aromatic N) is 1. The van der Waals surface area contributed by atoms with Crippen LogP contribution in [-0.2, 0) is 21.4 Å². The highest BCUT2D eigenvalue weighted by Crippen LogP contribution is 2.29. The quantitative estimate of drug-likeness (QED) is 0.619. The number of aryl methyl sites for hydroxylation is 3. The molecule has 3 rings (SSSR count). The molecule has 1 amide bonds. The Morgan fingerprint density at radius 3 is 2.15 bits per heavy atom. The topological polar surface area (TPSA) is 75.7 Å². The molecule has 0 unspecified atom stereocenters. The molecule has 1 fully saturated rings. The number of alkyl halides is 3. The van der Waals surface area contributed by atoms with E-state index < -0.39 is 22.8 Å². The molecule has 2 aromatic rings. The molecule has 0 aliphatic carbocycles. The molecular weight excluding hydrogens is 469 g/mol. The van der Waals surface area contributed by atoms with Gasteiger partial charge in [0.2, 0.25) is 15.9 Å². The van der Waals surface area contributed by atoms with E-state index in [4.69, 9.17) is 0 Å². The summed E-state index contributed by atoms with van der Waals surface area (Å²) in [5.41, 5.74) is 3.16. The van der Waals surface area contributed by atoms with Crippen LogP contribution in [0.1, 0.15) is 35.1 Å². The van der Waals surface area contributed by atoms with Crippen LogP contribution < -0.4 is 10.1 Å². The summed E-state index contributed by atoms with van der Waals surface area (Å²) < 4.78 is 69.2. The van der Waals surface area contributed by atoms with Crippen molar-refractivity contribution in [3.8, 4) is 5.75 Å². The molecule has 0 spiro atoms. The number of sulfonamides is 1. The van der Waals surface area contributed by atoms with Crippen molar-refractivity contribution < 1.29 is 31.1 Å². The fourth-order valence-electron chi connectivity index (χ4n) is 4.26. The number of benzene rings is 2.